The second-order valence-corrected chi connectivity index (χ2v) is 10.1. The Morgan fingerprint density at radius 3 is 2.73 bits per heavy atom. The summed E-state index contributed by atoms with van der Waals surface area (Å²) in [5.41, 5.74) is 2.58. The molecule has 0 bridgehead atoms. The average molecular weight is 453 g/mol. The third-order valence-electron chi connectivity index (χ3n) is 6.90. The van der Waals surface area contributed by atoms with Crippen molar-refractivity contribution in [3.63, 3.8) is 0 Å². The molecule has 2 aliphatic heterocycles. The van der Waals surface area contributed by atoms with Crippen LogP contribution in [0.5, 0.6) is 0 Å². The first-order chi connectivity index (χ1) is 15.8. The normalized spacial score (nSPS) is 22.4. The van der Waals surface area contributed by atoms with Gasteiger partial charge in [0, 0.05) is 63.1 Å². The van der Waals surface area contributed by atoms with Gasteiger partial charge >= 0.3 is 0 Å². The van der Waals surface area contributed by atoms with Crippen LogP contribution in [-0.4, -0.2) is 67.4 Å². The first kappa shape index (κ1) is 23.7. The van der Waals surface area contributed by atoms with Crippen molar-refractivity contribution >= 4 is 11.6 Å². The van der Waals surface area contributed by atoms with Gasteiger partial charge in [0.1, 0.15) is 0 Å². The van der Waals surface area contributed by atoms with Crippen molar-refractivity contribution in [3.05, 3.63) is 64.1 Å². The van der Waals surface area contributed by atoms with E-state index in [1.54, 1.807) is 17.7 Å². The van der Waals surface area contributed by atoms with Gasteiger partial charge in [-0.25, -0.2) is 0 Å². The number of amides is 1. The van der Waals surface area contributed by atoms with E-state index in [0.29, 0.717) is 32.3 Å². The lowest BCUT2D eigenvalue weighted by Gasteiger charge is -2.39. The molecule has 1 saturated heterocycles. The van der Waals surface area contributed by atoms with Crippen LogP contribution in [-0.2, 0) is 21.5 Å². The SMILES string of the molecule is COCCC1CN[C@H](C)CN1CC(=O)N1CC(C)(C)c2cc(=O)n(Cc3ccccc3)cc21. The molecule has 33 heavy (non-hydrogen) atoms. The lowest BCUT2D eigenvalue weighted by atomic mass is 9.87. The zero-order valence-electron chi connectivity index (χ0n) is 20.2. The smallest absolute Gasteiger partial charge is 0.251 e. The van der Waals surface area contributed by atoms with Crippen molar-refractivity contribution in [2.75, 3.05) is 44.8 Å². The summed E-state index contributed by atoms with van der Waals surface area (Å²) in [6.45, 7) is 10.2. The molecule has 2 aromatic rings. The monoisotopic (exact) mass is 452 g/mol. The van der Waals surface area contributed by atoms with E-state index < -0.39 is 0 Å². The van der Waals surface area contributed by atoms with E-state index in [-0.39, 0.29) is 22.9 Å². The van der Waals surface area contributed by atoms with Crippen LogP contribution < -0.4 is 15.8 Å². The van der Waals surface area contributed by atoms with Crippen LogP contribution in [0.4, 0.5) is 5.69 Å². The highest BCUT2D eigenvalue weighted by atomic mass is 16.5. The number of fused-ring (bicyclic) bond motifs is 1. The topological polar surface area (TPSA) is 66.8 Å². The first-order valence-corrected chi connectivity index (χ1v) is 11.8. The summed E-state index contributed by atoms with van der Waals surface area (Å²) in [6.07, 6.45) is 2.77. The molecule has 4 rings (SSSR count). The van der Waals surface area contributed by atoms with Crippen LogP contribution in [0, 0.1) is 0 Å². The van der Waals surface area contributed by atoms with Gasteiger partial charge in [0.05, 0.1) is 18.8 Å². The average Bonchev–Trinajstić information content (AvgIpc) is 3.04. The predicted octanol–water partition coefficient (Wildman–Crippen LogP) is 2.22. The van der Waals surface area contributed by atoms with E-state index in [0.717, 1.165) is 36.3 Å². The van der Waals surface area contributed by atoms with Crippen LogP contribution in [0.2, 0.25) is 0 Å². The standard InChI is InChI=1S/C26H36N4O3/c1-19-14-28(21(13-27-19)10-11-33-4)17-25(32)30-18-26(2,3)22-12-24(31)29(16-23(22)30)15-20-8-6-5-7-9-20/h5-9,12,16,19,21,27H,10-11,13-15,17-18H2,1-4H3/t19-,21?/m1/s1. The minimum Gasteiger partial charge on any atom is -0.385 e. The van der Waals surface area contributed by atoms with Gasteiger partial charge in [0.25, 0.3) is 5.56 Å². The number of methoxy groups -OCH3 is 1. The van der Waals surface area contributed by atoms with Crippen LogP contribution in [0.1, 0.15) is 38.3 Å². The fraction of sp³-hybridized carbons (Fsp3) is 0.538. The maximum atomic E-state index is 13.6. The Morgan fingerprint density at radius 2 is 2.00 bits per heavy atom. The molecule has 178 valence electrons. The predicted molar refractivity (Wildman–Crippen MR) is 131 cm³/mol. The summed E-state index contributed by atoms with van der Waals surface area (Å²) >= 11 is 0. The van der Waals surface area contributed by atoms with E-state index in [1.807, 2.05) is 41.4 Å². The summed E-state index contributed by atoms with van der Waals surface area (Å²) in [4.78, 5) is 30.6. The van der Waals surface area contributed by atoms with Gasteiger partial charge < -0.3 is 19.5 Å². The molecular weight excluding hydrogens is 416 g/mol. The lowest BCUT2D eigenvalue weighted by molar-refractivity contribution is -0.120. The van der Waals surface area contributed by atoms with Crippen molar-refractivity contribution in [2.24, 2.45) is 0 Å². The molecule has 0 aliphatic carbocycles. The molecule has 1 aromatic carbocycles. The van der Waals surface area contributed by atoms with Crippen molar-refractivity contribution in [1.82, 2.24) is 14.8 Å². The van der Waals surface area contributed by atoms with Crippen LogP contribution in [0.3, 0.4) is 0 Å². The number of carbonyl (C=O) groups excluding carboxylic acids is 1. The highest BCUT2D eigenvalue weighted by molar-refractivity contribution is 5.97. The Kier molecular flexibility index (Phi) is 7.02. The number of hydrogen-bond donors (Lipinski definition) is 1. The molecule has 2 atom stereocenters. The summed E-state index contributed by atoms with van der Waals surface area (Å²) in [5, 5.41) is 3.52. The molecule has 1 N–H and O–H groups in total. The summed E-state index contributed by atoms with van der Waals surface area (Å²) in [7, 11) is 1.71. The Labute approximate surface area is 196 Å². The van der Waals surface area contributed by atoms with Gasteiger partial charge in [0.15, 0.2) is 0 Å². The maximum Gasteiger partial charge on any atom is 0.251 e. The van der Waals surface area contributed by atoms with Gasteiger partial charge in [-0.2, -0.15) is 0 Å². The molecule has 2 aliphatic rings. The minimum atomic E-state index is -0.262. The van der Waals surface area contributed by atoms with Crippen LogP contribution in [0.25, 0.3) is 0 Å². The number of rotatable bonds is 7. The Hall–Kier alpha value is -2.48. The van der Waals surface area contributed by atoms with Gasteiger partial charge in [-0.05, 0) is 24.5 Å². The van der Waals surface area contributed by atoms with Gasteiger partial charge in [-0.1, -0.05) is 44.2 Å². The first-order valence-electron chi connectivity index (χ1n) is 11.8. The number of benzene rings is 1. The van der Waals surface area contributed by atoms with E-state index in [4.69, 9.17) is 4.74 Å². The zero-order chi connectivity index (χ0) is 23.6. The second kappa shape index (κ2) is 9.79. The molecule has 1 unspecified atom stereocenters. The number of pyridine rings is 1. The number of piperazine rings is 1. The number of nitrogens with zero attached hydrogens (tertiary/aromatic N) is 3. The van der Waals surface area contributed by atoms with Crippen molar-refractivity contribution in [2.45, 2.75) is 51.2 Å². The third kappa shape index (κ3) is 5.21. The number of anilines is 1. The molecule has 0 spiro atoms. The van der Waals surface area contributed by atoms with Crippen molar-refractivity contribution < 1.29 is 9.53 Å². The molecule has 1 amide bonds. The third-order valence-corrected chi connectivity index (χ3v) is 6.90. The number of ether oxygens (including phenoxy) is 1. The minimum absolute atomic E-state index is 0.0319. The molecular formula is C26H36N4O3. The van der Waals surface area contributed by atoms with Gasteiger partial charge in [0.2, 0.25) is 5.91 Å². The number of nitrogens with one attached hydrogen (secondary N) is 1. The second-order valence-electron chi connectivity index (χ2n) is 10.1. The molecule has 1 aromatic heterocycles. The number of hydrogen-bond acceptors (Lipinski definition) is 5. The molecule has 0 radical (unpaired) electrons. The van der Waals surface area contributed by atoms with Gasteiger partial charge in [-0.3, -0.25) is 14.5 Å². The van der Waals surface area contributed by atoms with Gasteiger partial charge in [-0.15, -0.1) is 0 Å². The zero-order valence-corrected chi connectivity index (χ0v) is 20.2. The van der Waals surface area contributed by atoms with E-state index in [1.165, 1.54) is 0 Å². The highest BCUT2D eigenvalue weighted by Gasteiger charge is 2.40. The Bertz CT molecular complexity index is 1030. The number of aromatic nitrogens is 1. The van der Waals surface area contributed by atoms with Crippen LogP contribution in [0.15, 0.2) is 47.4 Å². The summed E-state index contributed by atoms with van der Waals surface area (Å²) in [6, 6.07) is 12.3. The fourth-order valence-corrected chi connectivity index (χ4v) is 5.03. The molecule has 7 nitrogen and oxygen atoms in total. The van der Waals surface area contributed by atoms with E-state index in [9.17, 15) is 9.59 Å². The molecule has 7 heteroatoms. The van der Waals surface area contributed by atoms with Crippen LogP contribution >= 0.6 is 0 Å². The van der Waals surface area contributed by atoms with Crippen molar-refractivity contribution in [3.8, 4) is 0 Å². The quantitative estimate of drug-likeness (QED) is 0.698. The number of carbonyl (C=O) groups is 1. The molecule has 3 heterocycles. The van der Waals surface area contributed by atoms with E-state index >= 15 is 0 Å². The largest absolute Gasteiger partial charge is 0.385 e. The lowest BCUT2D eigenvalue weighted by Crippen LogP contribution is -2.58. The fourth-order valence-electron chi connectivity index (χ4n) is 5.03. The summed E-state index contributed by atoms with van der Waals surface area (Å²) in [5.74, 6) is 0.0863. The Balaban J connectivity index is 1.58. The molecule has 0 saturated carbocycles. The van der Waals surface area contributed by atoms with E-state index in [2.05, 4.69) is 31.0 Å². The summed E-state index contributed by atoms with van der Waals surface area (Å²) < 4.78 is 7.00. The maximum absolute atomic E-state index is 13.6. The van der Waals surface area contributed by atoms with Crippen molar-refractivity contribution in [1.29, 1.82) is 0 Å². The Morgan fingerprint density at radius 1 is 1.24 bits per heavy atom. The highest BCUT2D eigenvalue weighted by Crippen LogP contribution is 2.39. The molecule has 1 fully saturated rings.